The molecule has 4 nitrogen and oxygen atoms in total. The van der Waals surface area contributed by atoms with Gasteiger partial charge in [-0.05, 0) is 24.3 Å². The third-order valence-corrected chi connectivity index (χ3v) is 2.61. The number of carbonyl (C=O) groups is 1. The third kappa shape index (κ3) is 2.99. The molecule has 2 aromatic rings. The second-order valence-electron chi connectivity index (χ2n) is 3.70. The van der Waals surface area contributed by atoms with Gasteiger partial charge in [-0.25, -0.2) is 4.98 Å². The summed E-state index contributed by atoms with van der Waals surface area (Å²) in [5.74, 6) is -0.231. The summed E-state index contributed by atoms with van der Waals surface area (Å²) < 4.78 is 0. The van der Waals surface area contributed by atoms with Crippen molar-refractivity contribution >= 4 is 23.2 Å². The number of amides is 1. The number of rotatable bonds is 3. The van der Waals surface area contributed by atoms with E-state index in [-0.39, 0.29) is 5.91 Å². The summed E-state index contributed by atoms with van der Waals surface area (Å²) in [5, 5.41) is 1.95. The molecule has 0 fully saturated rings. The summed E-state index contributed by atoms with van der Waals surface area (Å²) in [4.78, 5) is 15.8. The van der Waals surface area contributed by atoms with Crippen molar-refractivity contribution in [1.82, 2.24) is 10.4 Å². The average molecular weight is 262 g/mol. The van der Waals surface area contributed by atoms with Gasteiger partial charge in [0, 0.05) is 18.8 Å². The number of nitrogens with one attached hydrogen (secondary N) is 1. The topological polar surface area (TPSA) is 45.2 Å². The number of pyridine rings is 1. The van der Waals surface area contributed by atoms with Crippen molar-refractivity contribution in [1.29, 1.82) is 0 Å². The zero-order valence-electron chi connectivity index (χ0n) is 9.80. The normalized spacial score (nSPS) is 9.89. The first kappa shape index (κ1) is 12.4. The number of nitrogens with zero attached hydrogens (tertiary/aromatic N) is 2. The number of para-hydroxylation sites is 1. The molecule has 18 heavy (non-hydrogen) atoms. The Hall–Kier alpha value is -2.07. The Morgan fingerprint density at radius 2 is 2.00 bits per heavy atom. The third-order valence-electron chi connectivity index (χ3n) is 2.40. The Morgan fingerprint density at radius 1 is 1.28 bits per heavy atom. The summed E-state index contributed by atoms with van der Waals surface area (Å²) in [6.07, 6.45) is 1.50. The zero-order valence-corrected chi connectivity index (χ0v) is 10.6. The molecule has 0 atom stereocenters. The molecule has 1 aromatic heterocycles. The van der Waals surface area contributed by atoms with Crippen molar-refractivity contribution in [2.75, 3.05) is 12.1 Å². The van der Waals surface area contributed by atoms with E-state index in [4.69, 9.17) is 11.6 Å². The molecule has 0 aliphatic carbocycles. The van der Waals surface area contributed by atoms with Crippen LogP contribution in [0.25, 0.3) is 0 Å². The van der Waals surface area contributed by atoms with Crippen molar-refractivity contribution in [3.8, 4) is 0 Å². The highest BCUT2D eigenvalue weighted by molar-refractivity contribution is 6.29. The SMILES string of the molecule is CN(NC(=O)c1ccnc(Cl)c1)c1ccccc1. The molecule has 0 aliphatic heterocycles. The summed E-state index contributed by atoms with van der Waals surface area (Å²) >= 11 is 5.74. The molecular weight excluding hydrogens is 250 g/mol. The molecule has 0 unspecified atom stereocenters. The van der Waals surface area contributed by atoms with Gasteiger partial charge < -0.3 is 0 Å². The number of anilines is 1. The van der Waals surface area contributed by atoms with Gasteiger partial charge in [-0.2, -0.15) is 0 Å². The van der Waals surface area contributed by atoms with Crippen LogP contribution in [0.1, 0.15) is 10.4 Å². The molecular formula is C13H12ClN3O. The van der Waals surface area contributed by atoms with Crippen LogP contribution in [-0.4, -0.2) is 17.9 Å². The highest BCUT2D eigenvalue weighted by atomic mass is 35.5. The number of halogens is 1. The standard InChI is InChI=1S/C13H12ClN3O/c1-17(11-5-3-2-4-6-11)16-13(18)10-7-8-15-12(14)9-10/h2-9H,1H3,(H,16,18). The minimum absolute atomic E-state index is 0.231. The molecule has 2 rings (SSSR count). The second kappa shape index (κ2) is 5.51. The van der Waals surface area contributed by atoms with Crippen LogP contribution in [0.3, 0.4) is 0 Å². The number of aromatic nitrogens is 1. The first-order chi connectivity index (χ1) is 8.66. The Kier molecular flexibility index (Phi) is 3.79. The maximum Gasteiger partial charge on any atom is 0.269 e. The molecule has 0 aliphatic rings. The molecule has 0 spiro atoms. The van der Waals surface area contributed by atoms with Gasteiger partial charge in [0.1, 0.15) is 5.15 Å². The van der Waals surface area contributed by atoms with Crippen LogP contribution >= 0.6 is 11.6 Å². The molecule has 1 N–H and O–H groups in total. The van der Waals surface area contributed by atoms with E-state index in [0.29, 0.717) is 10.7 Å². The van der Waals surface area contributed by atoms with Gasteiger partial charge in [-0.1, -0.05) is 29.8 Å². The van der Waals surface area contributed by atoms with Crippen molar-refractivity contribution in [3.05, 3.63) is 59.4 Å². The lowest BCUT2D eigenvalue weighted by atomic mass is 10.2. The van der Waals surface area contributed by atoms with E-state index >= 15 is 0 Å². The van der Waals surface area contributed by atoms with E-state index in [1.165, 1.54) is 12.3 Å². The van der Waals surface area contributed by atoms with Crippen LogP contribution in [0.5, 0.6) is 0 Å². The van der Waals surface area contributed by atoms with Gasteiger partial charge in [-0.3, -0.25) is 15.2 Å². The van der Waals surface area contributed by atoms with Crippen LogP contribution in [0.2, 0.25) is 5.15 Å². The van der Waals surface area contributed by atoms with E-state index < -0.39 is 0 Å². The molecule has 0 bridgehead atoms. The summed E-state index contributed by atoms with van der Waals surface area (Å²) in [7, 11) is 1.77. The first-order valence-corrected chi connectivity index (χ1v) is 5.76. The average Bonchev–Trinajstić information content (AvgIpc) is 2.39. The minimum atomic E-state index is -0.231. The first-order valence-electron chi connectivity index (χ1n) is 5.38. The van der Waals surface area contributed by atoms with E-state index in [2.05, 4.69) is 10.4 Å². The van der Waals surface area contributed by atoms with Gasteiger partial charge in [-0.15, -0.1) is 0 Å². The Labute approximate surface area is 110 Å². The fourth-order valence-electron chi connectivity index (χ4n) is 1.48. The predicted molar refractivity (Wildman–Crippen MR) is 71.6 cm³/mol. The van der Waals surface area contributed by atoms with E-state index in [1.54, 1.807) is 18.1 Å². The largest absolute Gasteiger partial charge is 0.288 e. The fourth-order valence-corrected chi connectivity index (χ4v) is 1.65. The Bertz CT molecular complexity index is 545. The second-order valence-corrected chi connectivity index (χ2v) is 4.09. The molecule has 0 radical (unpaired) electrons. The fraction of sp³-hybridized carbons (Fsp3) is 0.0769. The van der Waals surface area contributed by atoms with Gasteiger partial charge in [0.25, 0.3) is 5.91 Å². The maximum atomic E-state index is 11.9. The molecule has 0 saturated heterocycles. The van der Waals surface area contributed by atoms with Crippen LogP contribution in [-0.2, 0) is 0 Å². The lowest BCUT2D eigenvalue weighted by molar-refractivity contribution is 0.0951. The monoisotopic (exact) mass is 261 g/mol. The maximum absolute atomic E-state index is 11.9. The van der Waals surface area contributed by atoms with E-state index in [0.717, 1.165) is 5.69 Å². The summed E-state index contributed by atoms with van der Waals surface area (Å²) in [5.41, 5.74) is 4.11. The molecule has 1 amide bonds. The van der Waals surface area contributed by atoms with E-state index in [9.17, 15) is 4.79 Å². The Balaban J connectivity index is 2.08. The van der Waals surface area contributed by atoms with Crippen LogP contribution < -0.4 is 10.4 Å². The van der Waals surface area contributed by atoms with Gasteiger partial charge in [0.2, 0.25) is 0 Å². The number of carbonyl (C=O) groups excluding carboxylic acids is 1. The summed E-state index contributed by atoms with van der Waals surface area (Å²) in [6, 6.07) is 12.7. The van der Waals surface area contributed by atoms with Gasteiger partial charge in [0.05, 0.1) is 5.69 Å². The van der Waals surface area contributed by atoms with Crippen molar-refractivity contribution in [2.24, 2.45) is 0 Å². The molecule has 92 valence electrons. The van der Waals surface area contributed by atoms with E-state index in [1.807, 2.05) is 30.3 Å². The van der Waals surface area contributed by atoms with Crippen LogP contribution in [0, 0.1) is 0 Å². The predicted octanol–water partition coefficient (Wildman–Crippen LogP) is 2.52. The zero-order chi connectivity index (χ0) is 13.0. The Morgan fingerprint density at radius 3 is 2.67 bits per heavy atom. The number of hydrogen-bond acceptors (Lipinski definition) is 3. The number of benzene rings is 1. The molecule has 1 aromatic carbocycles. The van der Waals surface area contributed by atoms with Crippen molar-refractivity contribution in [2.45, 2.75) is 0 Å². The number of hydrazine groups is 1. The van der Waals surface area contributed by atoms with Crippen molar-refractivity contribution in [3.63, 3.8) is 0 Å². The number of hydrogen-bond donors (Lipinski definition) is 1. The highest BCUT2D eigenvalue weighted by Gasteiger charge is 2.09. The lowest BCUT2D eigenvalue weighted by Gasteiger charge is -2.20. The summed E-state index contributed by atoms with van der Waals surface area (Å²) in [6.45, 7) is 0. The highest BCUT2D eigenvalue weighted by Crippen LogP contribution is 2.10. The molecule has 0 saturated carbocycles. The van der Waals surface area contributed by atoms with Gasteiger partial charge in [0.15, 0.2) is 0 Å². The molecule has 5 heteroatoms. The van der Waals surface area contributed by atoms with Gasteiger partial charge >= 0.3 is 0 Å². The van der Waals surface area contributed by atoms with Crippen molar-refractivity contribution < 1.29 is 4.79 Å². The smallest absolute Gasteiger partial charge is 0.269 e. The van der Waals surface area contributed by atoms with Crippen LogP contribution in [0.15, 0.2) is 48.7 Å². The minimum Gasteiger partial charge on any atom is -0.288 e. The lowest BCUT2D eigenvalue weighted by Crippen LogP contribution is -2.39. The molecule has 1 heterocycles. The van der Waals surface area contributed by atoms with Crippen LogP contribution in [0.4, 0.5) is 5.69 Å². The quantitative estimate of drug-likeness (QED) is 0.682.